The van der Waals surface area contributed by atoms with Crippen LogP contribution < -0.4 is 21.2 Å². The Balaban J connectivity index is 1.42. The summed E-state index contributed by atoms with van der Waals surface area (Å²) in [4.78, 5) is 49.1. The SMILES string of the molecule is CCCCN[n+]1ccc(SCC2=C(C(=O)O)N3C(=O)[C@@H](NC(=O)C(=NOC)c4csc(N)n4)[C@H]3SC2)cc1. The van der Waals surface area contributed by atoms with Crippen molar-refractivity contribution in [1.82, 2.24) is 15.2 Å². The Labute approximate surface area is 231 Å². The molecule has 4 rings (SSSR count). The Kier molecular flexibility index (Phi) is 9.12. The lowest BCUT2D eigenvalue weighted by atomic mass is 10.0. The van der Waals surface area contributed by atoms with Crippen molar-refractivity contribution in [3.63, 3.8) is 0 Å². The number of nitrogens with two attached hydrogens (primary N) is 1. The van der Waals surface area contributed by atoms with Gasteiger partial charge < -0.3 is 21.0 Å². The second-order valence-electron chi connectivity index (χ2n) is 8.30. The molecule has 4 heterocycles. The highest BCUT2D eigenvalue weighted by Gasteiger charge is 2.54. The number of rotatable bonds is 12. The van der Waals surface area contributed by atoms with Gasteiger partial charge in [-0.3, -0.25) is 14.5 Å². The Morgan fingerprint density at radius 2 is 2.16 bits per heavy atom. The topological polar surface area (TPSA) is 163 Å². The van der Waals surface area contributed by atoms with E-state index in [4.69, 9.17) is 10.6 Å². The van der Waals surface area contributed by atoms with Gasteiger partial charge in [-0.15, -0.1) is 34.9 Å². The van der Waals surface area contributed by atoms with E-state index in [2.05, 4.69) is 27.8 Å². The van der Waals surface area contributed by atoms with E-state index in [1.165, 1.54) is 35.5 Å². The van der Waals surface area contributed by atoms with Crippen LogP contribution in [0.1, 0.15) is 25.5 Å². The number of anilines is 1. The van der Waals surface area contributed by atoms with Crippen molar-refractivity contribution < 1.29 is 29.0 Å². The van der Waals surface area contributed by atoms with Crippen LogP contribution in [0.4, 0.5) is 5.13 Å². The molecular formula is C23H28N7O5S3+. The number of aromatic nitrogens is 2. The van der Waals surface area contributed by atoms with Gasteiger partial charge in [-0.05, 0) is 12.0 Å². The Bertz CT molecular complexity index is 1260. The number of carbonyl (C=O) groups excluding carboxylic acids is 2. The summed E-state index contributed by atoms with van der Waals surface area (Å²) in [5.74, 6) is -1.49. The fourth-order valence-electron chi connectivity index (χ4n) is 3.87. The first-order valence-electron chi connectivity index (χ1n) is 11.7. The molecule has 0 spiro atoms. The van der Waals surface area contributed by atoms with Gasteiger partial charge >= 0.3 is 5.97 Å². The van der Waals surface area contributed by atoms with Gasteiger partial charge in [-0.2, -0.15) is 5.43 Å². The molecule has 0 radical (unpaired) electrons. The van der Waals surface area contributed by atoms with E-state index in [0.29, 0.717) is 17.1 Å². The monoisotopic (exact) mass is 578 g/mol. The fraction of sp³-hybridized carbons (Fsp3) is 0.391. The number of carboxylic acid groups (broad SMARTS) is 1. The molecule has 38 heavy (non-hydrogen) atoms. The number of carboxylic acids is 1. The van der Waals surface area contributed by atoms with Crippen molar-refractivity contribution in [3.05, 3.63) is 46.9 Å². The van der Waals surface area contributed by atoms with E-state index in [0.717, 1.165) is 35.6 Å². The third kappa shape index (κ3) is 6.05. The lowest BCUT2D eigenvalue weighted by Crippen LogP contribution is -2.71. The van der Waals surface area contributed by atoms with Gasteiger partial charge in [0.25, 0.3) is 11.8 Å². The maximum atomic E-state index is 13.0. The highest BCUT2D eigenvalue weighted by atomic mass is 32.2. The van der Waals surface area contributed by atoms with Gasteiger partial charge in [0, 0.05) is 33.9 Å². The van der Waals surface area contributed by atoms with Crippen molar-refractivity contribution in [2.24, 2.45) is 5.16 Å². The highest BCUT2D eigenvalue weighted by molar-refractivity contribution is 8.01. The molecule has 0 aromatic carbocycles. The molecule has 2 aromatic rings. The number of thiazole rings is 1. The number of oxime groups is 1. The number of carbonyl (C=O) groups is 3. The van der Waals surface area contributed by atoms with Crippen molar-refractivity contribution >= 4 is 63.5 Å². The van der Waals surface area contributed by atoms with Crippen LogP contribution in [0.15, 0.2) is 51.2 Å². The summed E-state index contributed by atoms with van der Waals surface area (Å²) >= 11 is 4.05. The van der Waals surface area contributed by atoms with Crippen molar-refractivity contribution in [1.29, 1.82) is 0 Å². The van der Waals surface area contributed by atoms with Gasteiger partial charge in [0.2, 0.25) is 12.4 Å². The molecule has 0 bridgehead atoms. The number of nitrogen functional groups attached to an aromatic ring is 1. The molecule has 2 amide bonds. The third-order valence-electron chi connectivity index (χ3n) is 5.74. The van der Waals surface area contributed by atoms with Crippen molar-refractivity contribution in [3.8, 4) is 0 Å². The Hall–Kier alpha value is -3.30. The smallest absolute Gasteiger partial charge is 0.352 e. The predicted molar refractivity (Wildman–Crippen MR) is 146 cm³/mol. The zero-order valence-electron chi connectivity index (χ0n) is 20.7. The van der Waals surface area contributed by atoms with Crippen LogP contribution in [0, 0.1) is 0 Å². The molecule has 2 aliphatic heterocycles. The van der Waals surface area contributed by atoms with Gasteiger partial charge in [-0.1, -0.05) is 23.2 Å². The van der Waals surface area contributed by atoms with E-state index >= 15 is 0 Å². The molecule has 12 nitrogen and oxygen atoms in total. The third-order valence-corrected chi connectivity index (χ3v) is 8.85. The minimum atomic E-state index is -1.17. The number of hydrogen-bond acceptors (Lipinski definition) is 11. The van der Waals surface area contributed by atoms with Crippen LogP contribution in [-0.2, 0) is 19.2 Å². The summed E-state index contributed by atoms with van der Waals surface area (Å²) in [6.45, 7) is 3.02. The van der Waals surface area contributed by atoms with E-state index in [1.807, 2.05) is 29.2 Å². The first-order chi connectivity index (χ1) is 18.3. The Morgan fingerprint density at radius 1 is 1.39 bits per heavy atom. The average molecular weight is 579 g/mol. The predicted octanol–water partition coefficient (Wildman–Crippen LogP) is 1.24. The number of β-lactam (4-membered cyclic amide) rings is 1. The maximum absolute atomic E-state index is 13.0. The fourth-order valence-corrected chi connectivity index (χ4v) is 6.78. The Morgan fingerprint density at radius 3 is 2.79 bits per heavy atom. The first kappa shape index (κ1) is 27.7. The van der Waals surface area contributed by atoms with E-state index in [-0.39, 0.29) is 22.2 Å². The van der Waals surface area contributed by atoms with Gasteiger partial charge in [0.15, 0.2) is 10.8 Å². The maximum Gasteiger partial charge on any atom is 0.352 e. The number of amides is 2. The molecule has 0 unspecified atom stereocenters. The first-order valence-corrected chi connectivity index (χ1v) is 14.7. The summed E-state index contributed by atoms with van der Waals surface area (Å²) in [6.07, 6.45) is 6.03. The molecule has 2 aliphatic rings. The molecule has 2 aromatic heterocycles. The van der Waals surface area contributed by atoms with Crippen LogP contribution in [0.25, 0.3) is 0 Å². The highest BCUT2D eigenvalue weighted by Crippen LogP contribution is 2.41. The number of fused-ring (bicyclic) bond motifs is 1. The summed E-state index contributed by atoms with van der Waals surface area (Å²) in [5.41, 5.74) is 9.67. The summed E-state index contributed by atoms with van der Waals surface area (Å²) in [7, 11) is 1.29. The molecular weight excluding hydrogens is 550 g/mol. The largest absolute Gasteiger partial charge is 0.477 e. The molecule has 15 heteroatoms. The van der Waals surface area contributed by atoms with Crippen LogP contribution in [0.5, 0.6) is 0 Å². The summed E-state index contributed by atoms with van der Waals surface area (Å²) < 4.78 is 1.89. The van der Waals surface area contributed by atoms with Crippen LogP contribution in [-0.4, -0.2) is 75.1 Å². The van der Waals surface area contributed by atoms with Gasteiger partial charge in [-0.25, -0.2) is 9.78 Å². The number of aliphatic carboxylic acids is 1. The van der Waals surface area contributed by atoms with Gasteiger partial charge in [0.05, 0.1) is 6.54 Å². The van der Waals surface area contributed by atoms with Crippen LogP contribution in [0.3, 0.4) is 0 Å². The number of pyridine rings is 1. The zero-order chi connectivity index (χ0) is 27.2. The standard InChI is InChI=1S/C23H27N7O5S3/c1-3-4-7-25-29-8-5-14(6-9-29)36-10-13-11-37-21-17(20(32)30(21)18(13)22(33)34)27-19(31)16(28-35-2)15-12-38-23(24)26-15/h5-6,8-9,12,17,21,25H,3-4,7,10-11H2,1-2H3,(H3-,24,26,27,31,33,34)/p+1/t17-,21-/m1/s1. The van der Waals surface area contributed by atoms with Crippen LogP contribution >= 0.6 is 34.9 Å². The number of nitrogens with one attached hydrogen (secondary N) is 2. The minimum Gasteiger partial charge on any atom is -0.477 e. The van der Waals surface area contributed by atoms with Crippen molar-refractivity contribution in [2.45, 2.75) is 36.1 Å². The molecule has 1 saturated heterocycles. The quantitative estimate of drug-likeness (QED) is 0.0720. The molecule has 5 N–H and O–H groups in total. The van der Waals surface area contributed by atoms with E-state index in [1.54, 1.807) is 5.38 Å². The van der Waals surface area contributed by atoms with E-state index < -0.39 is 29.2 Å². The molecule has 0 aliphatic carbocycles. The number of nitrogens with zero attached hydrogens (tertiary/aromatic N) is 4. The zero-order valence-corrected chi connectivity index (χ0v) is 23.2. The summed E-state index contributed by atoms with van der Waals surface area (Å²) in [6, 6.07) is 3.01. The molecule has 1 fully saturated rings. The lowest BCUT2D eigenvalue weighted by molar-refractivity contribution is -0.650. The molecule has 202 valence electrons. The van der Waals surface area contributed by atoms with Crippen LogP contribution in [0.2, 0.25) is 0 Å². The number of thioether (sulfide) groups is 2. The van der Waals surface area contributed by atoms with Crippen molar-refractivity contribution in [2.75, 3.05) is 36.3 Å². The molecule has 0 saturated carbocycles. The number of hydrogen-bond donors (Lipinski definition) is 4. The van der Waals surface area contributed by atoms with Gasteiger partial charge in [0.1, 0.15) is 29.9 Å². The summed E-state index contributed by atoms with van der Waals surface area (Å²) in [5, 5.41) is 17.6. The van der Waals surface area contributed by atoms with E-state index in [9.17, 15) is 19.5 Å². The second-order valence-corrected chi connectivity index (χ2v) is 11.3. The second kappa shape index (κ2) is 12.5. The normalized spacial score (nSPS) is 19.1. The number of unbranched alkanes of at least 4 members (excludes halogenated alkanes) is 1. The average Bonchev–Trinajstić information content (AvgIpc) is 3.34. The minimum absolute atomic E-state index is 0.0259. The molecule has 2 atom stereocenters. The lowest BCUT2D eigenvalue weighted by Gasteiger charge is -2.49.